The molecule has 86 valence electrons. The first-order valence-electron chi connectivity index (χ1n) is 5.08. The number of fused-ring (bicyclic) bond motifs is 1. The van der Waals surface area contributed by atoms with Crippen LogP contribution in [-0.2, 0) is 0 Å². The van der Waals surface area contributed by atoms with Gasteiger partial charge in [0.15, 0.2) is 11.5 Å². The van der Waals surface area contributed by atoms with Gasteiger partial charge in [-0.25, -0.2) is 8.78 Å². The summed E-state index contributed by atoms with van der Waals surface area (Å²) < 4.78 is 36.6. The summed E-state index contributed by atoms with van der Waals surface area (Å²) in [5.41, 5.74) is 1.16. The molecule has 2 nitrogen and oxygen atoms in total. The molecule has 0 saturated heterocycles. The van der Waals surface area contributed by atoms with Crippen LogP contribution in [0.25, 0.3) is 11.1 Å². The first-order chi connectivity index (χ1) is 8.22. The lowest BCUT2D eigenvalue weighted by molar-refractivity contribution is 0.174. The fourth-order valence-electron chi connectivity index (χ4n) is 1.80. The van der Waals surface area contributed by atoms with Crippen molar-refractivity contribution in [3.63, 3.8) is 0 Å². The molecule has 4 heteroatoms. The maximum Gasteiger partial charge on any atom is 0.231 e. The highest BCUT2D eigenvalue weighted by Gasteiger charge is 2.14. The Morgan fingerprint density at radius 3 is 2.24 bits per heavy atom. The summed E-state index contributed by atoms with van der Waals surface area (Å²) in [5, 5.41) is 0. The Morgan fingerprint density at radius 1 is 0.765 bits per heavy atom. The van der Waals surface area contributed by atoms with Crippen LogP contribution in [0.3, 0.4) is 0 Å². The Hall–Kier alpha value is -2.10. The molecule has 0 atom stereocenters. The molecule has 0 amide bonds. The number of halogens is 2. The quantitative estimate of drug-likeness (QED) is 0.753. The van der Waals surface area contributed by atoms with Crippen LogP contribution in [0.2, 0.25) is 0 Å². The molecule has 0 aromatic heterocycles. The Morgan fingerprint density at radius 2 is 1.47 bits per heavy atom. The molecule has 17 heavy (non-hydrogen) atoms. The fraction of sp³-hybridized carbons (Fsp3) is 0.0769. The van der Waals surface area contributed by atoms with Crippen molar-refractivity contribution >= 4 is 0 Å². The number of ether oxygens (including phenoxy) is 2. The SMILES string of the molecule is Fc1cc(F)cc(-c2ccc3c(c2)OCO3)c1. The molecule has 0 bridgehead atoms. The topological polar surface area (TPSA) is 18.5 Å². The van der Waals surface area contributed by atoms with Crippen LogP contribution >= 0.6 is 0 Å². The van der Waals surface area contributed by atoms with Gasteiger partial charge in [0.25, 0.3) is 0 Å². The standard InChI is InChI=1S/C13H8F2O2/c14-10-3-9(4-11(15)6-10)8-1-2-12-13(5-8)17-7-16-12/h1-6H,7H2. The fourth-order valence-corrected chi connectivity index (χ4v) is 1.80. The van der Waals surface area contributed by atoms with Gasteiger partial charge in [0, 0.05) is 6.07 Å². The van der Waals surface area contributed by atoms with E-state index in [9.17, 15) is 8.78 Å². The van der Waals surface area contributed by atoms with Gasteiger partial charge in [-0.2, -0.15) is 0 Å². The summed E-state index contributed by atoms with van der Waals surface area (Å²) in [7, 11) is 0. The van der Waals surface area contributed by atoms with Crippen molar-refractivity contribution in [2.24, 2.45) is 0 Å². The Bertz CT molecular complexity index is 561. The van der Waals surface area contributed by atoms with Gasteiger partial charge in [0.05, 0.1) is 0 Å². The summed E-state index contributed by atoms with van der Waals surface area (Å²) >= 11 is 0. The van der Waals surface area contributed by atoms with Gasteiger partial charge in [0.2, 0.25) is 6.79 Å². The third-order valence-corrected chi connectivity index (χ3v) is 2.57. The molecule has 1 aliphatic rings. The second-order valence-electron chi connectivity index (χ2n) is 3.73. The highest BCUT2D eigenvalue weighted by molar-refractivity contribution is 5.67. The predicted octanol–water partition coefficient (Wildman–Crippen LogP) is 3.36. The monoisotopic (exact) mass is 234 g/mol. The smallest absolute Gasteiger partial charge is 0.231 e. The molecule has 0 saturated carbocycles. The Balaban J connectivity index is 2.09. The van der Waals surface area contributed by atoms with Crippen molar-refractivity contribution in [3.05, 3.63) is 48.0 Å². The van der Waals surface area contributed by atoms with Gasteiger partial charge >= 0.3 is 0 Å². The molecular weight excluding hydrogens is 226 g/mol. The zero-order valence-corrected chi connectivity index (χ0v) is 8.74. The van der Waals surface area contributed by atoms with Crippen LogP contribution in [-0.4, -0.2) is 6.79 Å². The molecule has 0 spiro atoms. The van der Waals surface area contributed by atoms with Crippen LogP contribution in [0.1, 0.15) is 0 Å². The van der Waals surface area contributed by atoms with E-state index in [1.807, 2.05) is 0 Å². The second-order valence-corrected chi connectivity index (χ2v) is 3.73. The van der Waals surface area contributed by atoms with E-state index < -0.39 is 11.6 Å². The van der Waals surface area contributed by atoms with Crippen molar-refractivity contribution in [1.82, 2.24) is 0 Å². The lowest BCUT2D eigenvalue weighted by atomic mass is 10.0. The van der Waals surface area contributed by atoms with Gasteiger partial charge in [0.1, 0.15) is 11.6 Å². The van der Waals surface area contributed by atoms with Gasteiger partial charge in [-0.15, -0.1) is 0 Å². The molecular formula is C13H8F2O2. The van der Waals surface area contributed by atoms with Gasteiger partial charge in [-0.3, -0.25) is 0 Å². The molecule has 0 aliphatic carbocycles. The zero-order valence-electron chi connectivity index (χ0n) is 8.74. The number of benzene rings is 2. The van der Waals surface area contributed by atoms with Gasteiger partial charge in [-0.1, -0.05) is 6.07 Å². The Kier molecular flexibility index (Phi) is 2.21. The third kappa shape index (κ3) is 1.82. The molecule has 0 radical (unpaired) electrons. The predicted molar refractivity (Wildman–Crippen MR) is 57.9 cm³/mol. The van der Waals surface area contributed by atoms with E-state index in [4.69, 9.17) is 9.47 Å². The van der Waals surface area contributed by atoms with E-state index in [0.717, 1.165) is 6.07 Å². The van der Waals surface area contributed by atoms with E-state index in [1.54, 1.807) is 18.2 Å². The molecule has 2 aromatic carbocycles. The summed E-state index contributed by atoms with van der Waals surface area (Å²) in [5.74, 6) is 0.0353. The van der Waals surface area contributed by atoms with Crippen LogP contribution in [0, 0.1) is 11.6 Å². The van der Waals surface area contributed by atoms with Crippen molar-refractivity contribution in [1.29, 1.82) is 0 Å². The maximum atomic E-state index is 13.1. The minimum atomic E-state index is -0.599. The number of hydrogen-bond donors (Lipinski definition) is 0. The second kappa shape index (κ2) is 3.73. The highest BCUT2D eigenvalue weighted by atomic mass is 19.1. The molecule has 0 N–H and O–H groups in total. The third-order valence-electron chi connectivity index (χ3n) is 2.57. The van der Waals surface area contributed by atoms with E-state index in [1.165, 1.54) is 12.1 Å². The first-order valence-corrected chi connectivity index (χ1v) is 5.08. The first kappa shape index (κ1) is 10.1. The normalized spacial score (nSPS) is 12.8. The minimum absolute atomic E-state index is 0.177. The summed E-state index contributed by atoms with van der Waals surface area (Å²) in [6, 6.07) is 8.57. The van der Waals surface area contributed by atoms with E-state index in [-0.39, 0.29) is 6.79 Å². The summed E-state index contributed by atoms with van der Waals surface area (Å²) in [4.78, 5) is 0. The average molecular weight is 234 g/mol. The van der Waals surface area contributed by atoms with Crippen molar-refractivity contribution in [2.45, 2.75) is 0 Å². The number of hydrogen-bond acceptors (Lipinski definition) is 2. The Labute approximate surface area is 96.4 Å². The zero-order chi connectivity index (χ0) is 11.8. The average Bonchev–Trinajstić information content (AvgIpc) is 2.74. The molecule has 0 fully saturated rings. The van der Waals surface area contributed by atoms with Crippen LogP contribution in [0.4, 0.5) is 8.78 Å². The van der Waals surface area contributed by atoms with Crippen molar-refractivity contribution in [3.8, 4) is 22.6 Å². The minimum Gasteiger partial charge on any atom is -0.454 e. The summed E-state index contributed by atoms with van der Waals surface area (Å²) in [6.45, 7) is 0.177. The largest absolute Gasteiger partial charge is 0.454 e. The summed E-state index contributed by atoms with van der Waals surface area (Å²) in [6.07, 6.45) is 0. The van der Waals surface area contributed by atoms with E-state index >= 15 is 0 Å². The van der Waals surface area contributed by atoms with E-state index in [0.29, 0.717) is 22.6 Å². The number of rotatable bonds is 1. The van der Waals surface area contributed by atoms with Crippen LogP contribution < -0.4 is 9.47 Å². The molecule has 1 aliphatic heterocycles. The van der Waals surface area contributed by atoms with Crippen LogP contribution in [0.5, 0.6) is 11.5 Å². The van der Waals surface area contributed by atoms with Gasteiger partial charge < -0.3 is 9.47 Å². The lowest BCUT2D eigenvalue weighted by Gasteiger charge is -2.04. The lowest BCUT2D eigenvalue weighted by Crippen LogP contribution is -1.92. The van der Waals surface area contributed by atoms with E-state index in [2.05, 4.69) is 0 Å². The maximum absolute atomic E-state index is 13.1. The van der Waals surface area contributed by atoms with Crippen LogP contribution in [0.15, 0.2) is 36.4 Å². The molecule has 1 heterocycles. The van der Waals surface area contributed by atoms with Gasteiger partial charge in [-0.05, 0) is 35.4 Å². The van der Waals surface area contributed by atoms with Crippen molar-refractivity contribution in [2.75, 3.05) is 6.79 Å². The van der Waals surface area contributed by atoms with Crippen molar-refractivity contribution < 1.29 is 18.3 Å². The molecule has 3 rings (SSSR count). The highest BCUT2D eigenvalue weighted by Crippen LogP contribution is 2.36. The molecule has 0 unspecified atom stereocenters. The molecule has 2 aromatic rings.